The second-order valence-electron chi connectivity index (χ2n) is 6.47. The number of benzene rings is 2. The standard InChI is InChI=1S/C20H16FN3S/c1-12-9-14(21)5-6-15(12)19-20(24-8-2-3-18(24)23-19)13-4-7-16-17(10-13)25-11-22-16/h4-7,9-11H,2-3,8H2,1H3. The van der Waals surface area contributed by atoms with Gasteiger partial charge in [0, 0.05) is 24.1 Å². The maximum absolute atomic E-state index is 13.6. The molecule has 2 aromatic carbocycles. The van der Waals surface area contributed by atoms with Crippen molar-refractivity contribution in [2.24, 2.45) is 0 Å². The van der Waals surface area contributed by atoms with Gasteiger partial charge in [-0.2, -0.15) is 0 Å². The third-order valence-corrected chi connectivity index (χ3v) is 5.67. The molecule has 3 nitrogen and oxygen atoms in total. The number of rotatable bonds is 2. The first-order chi connectivity index (χ1) is 12.2. The van der Waals surface area contributed by atoms with Crippen LogP contribution in [0.4, 0.5) is 4.39 Å². The van der Waals surface area contributed by atoms with Crippen molar-refractivity contribution in [2.75, 3.05) is 0 Å². The maximum Gasteiger partial charge on any atom is 0.123 e. The molecule has 2 aromatic heterocycles. The number of aromatic nitrogens is 3. The number of nitrogens with zero attached hydrogens (tertiary/aromatic N) is 3. The van der Waals surface area contributed by atoms with Crippen LogP contribution in [0.25, 0.3) is 32.7 Å². The predicted molar refractivity (Wildman–Crippen MR) is 99.3 cm³/mol. The van der Waals surface area contributed by atoms with E-state index in [0.717, 1.165) is 58.8 Å². The molecule has 1 aliphatic rings. The fourth-order valence-electron chi connectivity index (χ4n) is 3.70. The molecular formula is C20H16FN3S. The average Bonchev–Trinajstić information content (AvgIpc) is 3.29. The molecular weight excluding hydrogens is 333 g/mol. The molecule has 5 rings (SSSR count). The third-order valence-electron chi connectivity index (χ3n) is 4.88. The quantitative estimate of drug-likeness (QED) is 0.497. The van der Waals surface area contributed by atoms with E-state index in [0.29, 0.717) is 0 Å². The minimum absolute atomic E-state index is 0.208. The third kappa shape index (κ3) is 2.30. The molecule has 4 aromatic rings. The van der Waals surface area contributed by atoms with Gasteiger partial charge in [-0.25, -0.2) is 14.4 Å². The maximum atomic E-state index is 13.6. The van der Waals surface area contributed by atoms with Gasteiger partial charge in [-0.1, -0.05) is 6.07 Å². The van der Waals surface area contributed by atoms with E-state index in [1.165, 1.54) is 10.8 Å². The molecule has 0 fully saturated rings. The van der Waals surface area contributed by atoms with Crippen LogP contribution in [0, 0.1) is 12.7 Å². The van der Waals surface area contributed by atoms with E-state index < -0.39 is 0 Å². The molecule has 3 heterocycles. The van der Waals surface area contributed by atoms with E-state index in [4.69, 9.17) is 4.98 Å². The molecule has 0 radical (unpaired) electrons. The van der Waals surface area contributed by atoms with Gasteiger partial charge in [0.25, 0.3) is 0 Å². The van der Waals surface area contributed by atoms with Crippen molar-refractivity contribution in [1.29, 1.82) is 0 Å². The number of aryl methyl sites for hydroxylation is 2. The summed E-state index contributed by atoms with van der Waals surface area (Å²) in [6.45, 7) is 2.93. The normalized spacial score (nSPS) is 13.5. The Kier molecular flexibility index (Phi) is 3.25. The highest BCUT2D eigenvalue weighted by Crippen LogP contribution is 2.38. The topological polar surface area (TPSA) is 30.7 Å². The van der Waals surface area contributed by atoms with Crippen LogP contribution in [0.5, 0.6) is 0 Å². The van der Waals surface area contributed by atoms with Gasteiger partial charge in [-0.15, -0.1) is 11.3 Å². The Morgan fingerprint density at radius 1 is 1.16 bits per heavy atom. The lowest BCUT2D eigenvalue weighted by molar-refractivity contribution is 0.627. The summed E-state index contributed by atoms with van der Waals surface area (Å²) in [5.41, 5.74) is 8.05. The minimum atomic E-state index is -0.208. The summed E-state index contributed by atoms with van der Waals surface area (Å²) >= 11 is 1.65. The van der Waals surface area contributed by atoms with Gasteiger partial charge < -0.3 is 4.57 Å². The smallest absolute Gasteiger partial charge is 0.123 e. The van der Waals surface area contributed by atoms with E-state index in [9.17, 15) is 4.39 Å². The number of hydrogen-bond donors (Lipinski definition) is 0. The highest BCUT2D eigenvalue weighted by atomic mass is 32.1. The molecule has 0 unspecified atom stereocenters. The highest BCUT2D eigenvalue weighted by molar-refractivity contribution is 7.16. The molecule has 124 valence electrons. The van der Waals surface area contributed by atoms with Crippen LogP contribution in [0.2, 0.25) is 0 Å². The van der Waals surface area contributed by atoms with E-state index in [-0.39, 0.29) is 5.82 Å². The number of fused-ring (bicyclic) bond motifs is 2. The van der Waals surface area contributed by atoms with Gasteiger partial charge in [0.2, 0.25) is 0 Å². The van der Waals surface area contributed by atoms with Gasteiger partial charge in [-0.3, -0.25) is 0 Å². The second kappa shape index (κ2) is 5.49. The molecule has 0 saturated carbocycles. The molecule has 1 aliphatic heterocycles. The lowest BCUT2D eigenvalue weighted by atomic mass is 10.0. The van der Waals surface area contributed by atoms with Crippen LogP contribution in [0.15, 0.2) is 41.9 Å². The SMILES string of the molecule is Cc1cc(F)ccc1-c1nc2n(c1-c1ccc3ncsc3c1)CCC2. The first-order valence-corrected chi connectivity index (χ1v) is 9.28. The Bertz CT molecular complexity index is 1110. The molecule has 0 bridgehead atoms. The summed E-state index contributed by atoms with van der Waals surface area (Å²) in [7, 11) is 0. The van der Waals surface area contributed by atoms with Crippen LogP contribution < -0.4 is 0 Å². The van der Waals surface area contributed by atoms with E-state index >= 15 is 0 Å². The average molecular weight is 349 g/mol. The van der Waals surface area contributed by atoms with Gasteiger partial charge >= 0.3 is 0 Å². The van der Waals surface area contributed by atoms with Crippen molar-refractivity contribution in [3.8, 4) is 22.5 Å². The second-order valence-corrected chi connectivity index (χ2v) is 7.36. The first-order valence-electron chi connectivity index (χ1n) is 8.40. The fourth-order valence-corrected chi connectivity index (χ4v) is 4.42. The summed E-state index contributed by atoms with van der Waals surface area (Å²) in [4.78, 5) is 9.30. The van der Waals surface area contributed by atoms with Crippen molar-refractivity contribution in [1.82, 2.24) is 14.5 Å². The summed E-state index contributed by atoms with van der Waals surface area (Å²) < 4.78 is 17.1. The number of imidazole rings is 1. The summed E-state index contributed by atoms with van der Waals surface area (Å²) in [5, 5.41) is 0. The zero-order chi connectivity index (χ0) is 17.0. The summed E-state index contributed by atoms with van der Waals surface area (Å²) in [6, 6.07) is 11.3. The zero-order valence-electron chi connectivity index (χ0n) is 13.8. The van der Waals surface area contributed by atoms with Gasteiger partial charge in [0.1, 0.15) is 11.6 Å². The Hall–Kier alpha value is -2.53. The summed E-state index contributed by atoms with van der Waals surface area (Å²) in [5.74, 6) is 0.916. The van der Waals surface area contributed by atoms with Crippen molar-refractivity contribution in [3.05, 3.63) is 59.1 Å². The molecule has 0 amide bonds. The first kappa shape index (κ1) is 14.8. The monoisotopic (exact) mass is 349 g/mol. The van der Waals surface area contributed by atoms with Crippen LogP contribution in [0.3, 0.4) is 0 Å². The molecule has 0 spiro atoms. The summed E-state index contributed by atoms with van der Waals surface area (Å²) in [6.07, 6.45) is 2.12. The van der Waals surface area contributed by atoms with Crippen molar-refractivity contribution >= 4 is 21.6 Å². The molecule has 5 heteroatoms. The molecule has 0 aliphatic carbocycles. The lowest BCUT2D eigenvalue weighted by Crippen LogP contribution is -1.97. The minimum Gasteiger partial charge on any atom is -0.327 e. The largest absolute Gasteiger partial charge is 0.327 e. The van der Waals surface area contributed by atoms with Gasteiger partial charge in [-0.05, 0) is 49.2 Å². The molecule has 0 atom stereocenters. The zero-order valence-corrected chi connectivity index (χ0v) is 14.6. The lowest BCUT2D eigenvalue weighted by Gasteiger charge is -2.10. The van der Waals surface area contributed by atoms with Crippen LogP contribution in [-0.2, 0) is 13.0 Å². The molecule has 0 saturated heterocycles. The number of thiazole rings is 1. The Labute approximate surface area is 148 Å². The van der Waals surface area contributed by atoms with Gasteiger partial charge in [0.05, 0.1) is 27.1 Å². The molecule has 25 heavy (non-hydrogen) atoms. The predicted octanol–water partition coefficient (Wildman–Crippen LogP) is 5.22. The Morgan fingerprint density at radius 3 is 2.96 bits per heavy atom. The van der Waals surface area contributed by atoms with Crippen molar-refractivity contribution in [2.45, 2.75) is 26.3 Å². The number of halogens is 1. The van der Waals surface area contributed by atoms with Crippen molar-refractivity contribution in [3.63, 3.8) is 0 Å². The van der Waals surface area contributed by atoms with Crippen LogP contribution >= 0.6 is 11.3 Å². The number of hydrogen-bond acceptors (Lipinski definition) is 3. The van der Waals surface area contributed by atoms with Crippen molar-refractivity contribution < 1.29 is 4.39 Å². The van der Waals surface area contributed by atoms with E-state index in [2.05, 4.69) is 27.8 Å². The highest BCUT2D eigenvalue weighted by Gasteiger charge is 2.24. The molecule has 0 N–H and O–H groups in total. The van der Waals surface area contributed by atoms with Gasteiger partial charge in [0.15, 0.2) is 0 Å². The Balaban J connectivity index is 1.77. The van der Waals surface area contributed by atoms with E-state index in [1.54, 1.807) is 17.4 Å². The fraction of sp³-hybridized carbons (Fsp3) is 0.200. The van der Waals surface area contributed by atoms with E-state index in [1.807, 2.05) is 18.5 Å². The Morgan fingerprint density at radius 2 is 2.08 bits per heavy atom. The van der Waals surface area contributed by atoms with Crippen LogP contribution in [0.1, 0.15) is 17.8 Å². The van der Waals surface area contributed by atoms with Crippen LogP contribution in [-0.4, -0.2) is 14.5 Å².